The molecule has 2 rings (SSSR count). The number of rotatable bonds is 3. The molecule has 0 fully saturated rings. The van der Waals surface area contributed by atoms with Gasteiger partial charge in [-0.2, -0.15) is 0 Å². The standard InChI is InChI=1S/C14H12ClFN2O2/c1-3-11-12(17-7-18-13(11)15)8-4-9(14(19)20-2)6-10(16)5-8/h4-7H,3H2,1-2H3. The van der Waals surface area contributed by atoms with E-state index in [1.807, 2.05) is 6.92 Å². The van der Waals surface area contributed by atoms with Crippen LogP contribution in [0.15, 0.2) is 24.5 Å². The number of carbonyl (C=O) groups excluding carboxylic acids is 1. The van der Waals surface area contributed by atoms with Crippen molar-refractivity contribution in [2.24, 2.45) is 0 Å². The summed E-state index contributed by atoms with van der Waals surface area (Å²) in [4.78, 5) is 19.6. The molecule has 1 aromatic heterocycles. The highest BCUT2D eigenvalue weighted by Gasteiger charge is 2.14. The van der Waals surface area contributed by atoms with Crippen LogP contribution >= 0.6 is 11.6 Å². The second kappa shape index (κ2) is 5.96. The van der Waals surface area contributed by atoms with E-state index in [1.54, 1.807) is 0 Å². The molecule has 0 N–H and O–H groups in total. The predicted octanol–water partition coefficient (Wildman–Crippen LogP) is 3.29. The first-order valence-electron chi connectivity index (χ1n) is 5.95. The van der Waals surface area contributed by atoms with E-state index in [1.165, 1.54) is 25.6 Å². The van der Waals surface area contributed by atoms with Gasteiger partial charge in [0, 0.05) is 11.1 Å². The van der Waals surface area contributed by atoms with Gasteiger partial charge in [0.15, 0.2) is 0 Å². The van der Waals surface area contributed by atoms with Crippen molar-refractivity contribution in [2.75, 3.05) is 7.11 Å². The van der Waals surface area contributed by atoms with E-state index in [9.17, 15) is 9.18 Å². The molecule has 2 aromatic rings. The largest absolute Gasteiger partial charge is 0.465 e. The van der Waals surface area contributed by atoms with Crippen molar-refractivity contribution in [1.29, 1.82) is 0 Å². The first-order valence-corrected chi connectivity index (χ1v) is 6.33. The Morgan fingerprint density at radius 3 is 2.75 bits per heavy atom. The summed E-state index contributed by atoms with van der Waals surface area (Å²) in [6.07, 6.45) is 1.90. The fraction of sp³-hybridized carbons (Fsp3) is 0.214. The Hall–Kier alpha value is -2.01. The molecular weight excluding hydrogens is 283 g/mol. The van der Waals surface area contributed by atoms with Gasteiger partial charge in [0.05, 0.1) is 18.4 Å². The van der Waals surface area contributed by atoms with Crippen molar-refractivity contribution in [3.63, 3.8) is 0 Å². The molecule has 1 aromatic carbocycles. The van der Waals surface area contributed by atoms with Crippen LogP contribution in [-0.2, 0) is 11.2 Å². The topological polar surface area (TPSA) is 52.1 Å². The van der Waals surface area contributed by atoms with Gasteiger partial charge in [0.2, 0.25) is 0 Å². The molecule has 0 atom stereocenters. The zero-order valence-electron chi connectivity index (χ0n) is 11.0. The smallest absolute Gasteiger partial charge is 0.337 e. The minimum Gasteiger partial charge on any atom is -0.465 e. The molecule has 20 heavy (non-hydrogen) atoms. The van der Waals surface area contributed by atoms with E-state index in [0.29, 0.717) is 28.4 Å². The van der Waals surface area contributed by atoms with Crippen molar-refractivity contribution in [1.82, 2.24) is 9.97 Å². The highest BCUT2D eigenvalue weighted by atomic mass is 35.5. The number of hydrogen-bond acceptors (Lipinski definition) is 4. The van der Waals surface area contributed by atoms with E-state index in [-0.39, 0.29) is 5.56 Å². The normalized spacial score (nSPS) is 10.4. The molecule has 0 bridgehead atoms. The number of carbonyl (C=O) groups is 1. The van der Waals surface area contributed by atoms with Crippen LogP contribution in [0.5, 0.6) is 0 Å². The Morgan fingerprint density at radius 1 is 1.35 bits per heavy atom. The maximum Gasteiger partial charge on any atom is 0.337 e. The number of hydrogen-bond donors (Lipinski definition) is 0. The molecule has 4 nitrogen and oxygen atoms in total. The third kappa shape index (κ3) is 2.77. The lowest BCUT2D eigenvalue weighted by Gasteiger charge is -2.09. The molecule has 0 amide bonds. The van der Waals surface area contributed by atoms with Crippen LogP contribution < -0.4 is 0 Å². The van der Waals surface area contributed by atoms with Crippen molar-refractivity contribution in [2.45, 2.75) is 13.3 Å². The van der Waals surface area contributed by atoms with Crippen molar-refractivity contribution in [3.8, 4) is 11.3 Å². The molecule has 0 saturated carbocycles. The minimum atomic E-state index is -0.607. The Balaban J connectivity index is 2.61. The van der Waals surface area contributed by atoms with Crippen LogP contribution in [0, 0.1) is 5.82 Å². The van der Waals surface area contributed by atoms with E-state index >= 15 is 0 Å². The van der Waals surface area contributed by atoms with Gasteiger partial charge in [-0.25, -0.2) is 19.2 Å². The second-order valence-electron chi connectivity index (χ2n) is 4.07. The Morgan fingerprint density at radius 2 is 2.10 bits per heavy atom. The third-order valence-electron chi connectivity index (χ3n) is 2.84. The van der Waals surface area contributed by atoms with E-state index in [2.05, 4.69) is 14.7 Å². The zero-order valence-corrected chi connectivity index (χ0v) is 11.7. The van der Waals surface area contributed by atoms with Gasteiger partial charge in [0.1, 0.15) is 17.3 Å². The van der Waals surface area contributed by atoms with Gasteiger partial charge in [-0.3, -0.25) is 0 Å². The molecule has 104 valence electrons. The lowest BCUT2D eigenvalue weighted by Crippen LogP contribution is -2.03. The van der Waals surface area contributed by atoms with E-state index in [4.69, 9.17) is 11.6 Å². The van der Waals surface area contributed by atoms with Crippen molar-refractivity contribution < 1.29 is 13.9 Å². The zero-order chi connectivity index (χ0) is 14.7. The molecule has 0 aliphatic heterocycles. The number of halogens is 2. The molecule has 0 aliphatic rings. The van der Waals surface area contributed by atoms with Gasteiger partial charge in [-0.1, -0.05) is 18.5 Å². The molecular formula is C14H12ClFN2O2. The number of esters is 1. The number of aromatic nitrogens is 2. The summed E-state index contributed by atoms with van der Waals surface area (Å²) in [6, 6.07) is 3.93. The molecule has 0 spiro atoms. The van der Waals surface area contributed by atoms with Crippen LogP contribution in [0.3, 0.4) is 0 Å². The molecule has 0 unspecified atom stereocenters. The first-order chi connectivity index (χ1) is 9.56. The average Bonchev–Trinajstić information content (AvgIpc) is 2.45. The summed E-state index contributed by atoms with van der Waals surface area (Å²) in [5.74, 6) is -1.15. The van der Waals surface area contributed by atoms with Crippen LogP contribution in [0.25, 0.3) is 11.3 Å². The summed E-state index contributed by atoms with van der Waals surface area (Å²) < 4.78 is 18.3. The lowest BCUT2D eigenvalue weighted by molar-refractivity contribution is 0.0600. The molecule has 0 radical (unpaired) electrons. The van der Waals surface area contributed by atoms with Gasteiger partial charge >= 0.3 is 5.97 Å². The maximum atomic E-state index is 13.7. The molecule has 1 heterocycles. The molecule has 0 saturated heterocycles. The third-order valence-corrected chi connectivity index (χ3v) is 3.16. The van der Waals surface area contributed by atoms with Crippen LogP contribution in [-0.4, -0.2) is 23.0 Å². The van der Waals surface area contributed by atoms with Crippen molar-refractivity contribution in [3.05, 3.63) is 46.6 Å². The molecule has 6 heteroatoms. The van der Waals surface area contributed by atoms with Crippen LogP contribution in [0.1, 0.15) is 22.8 Å². The Bertz CT molecular complexity index is 662. The maximum absolute atomic E-state index is 13.7. The summed E-state index contributed by atoms with van der Waals surface area (Å²) in [5, 5.41) is 0.321. The van der Waals surface area contributed by atoms with Crippen LogP contribution in [0.4, 0.5) is 4.39 Å². The fourth-order valence-corrected chi connectivity index (χ4v) is 2.18. The monoisotopic (exact) mass is 294 g/mol. The molecule has 0 aliphatic carbocycles. The highest BCUT2D eigenvalue weighted by Crippen LogP contribution is 2.27. The van der Waals surface area contributed by atoms with E-state index in [0.717, 1.165) is 6.07 Å². The highest BCUT2D eigenvalue weighted by molar-refractivity contribution is 6.30. The average molecular weight is 295 g/mol. The SMILES string of the molecule is CCc1c(Cl)ncnc1-c1cc(F)cc(C(=O)OC)c1. The summed E-state index contributed by atoms with van der Waals surface area (Å²) in [5.41, 5.74) is 1.80. The Labute approximate surface area is 120 Å². The van der Waals surface area contributed by atoms with Gasteiger partial charge < -0.3 is 4.74 Å². The summed E-state index contributed by atoms with van der Waals surface area (Å²) >= 11 is 6.01. The van der Waals surface area contributed by atoms with Crippen molar-refractivity contribution >= 4 is 17.6 Å². The second-order valence-corrected chi connectivity index (χ2v) is 4.42. The fourth-order valence-electron chi connectivity index (χ4n) is 1.91. The Kier molecular flexibility index (Phi) is 4.29. The number of nitrogens with zero attached hydrogens (tertiary/aromatic N) is 2. The lowest BCUT2D eigenvalue weighted by atomic mass is 10.0. The first kappa shape index (κ1) is 14.4. The quantitative estimate of drug-likeness (QED) is 0.644. The van der Waals surface area contributed by atoms with Gasteiger partial charge in [-0.15, -0.1) is 0 Å². The van der Waals surface area contributed by atoms with Gasteiger partial charge in [0.25, 0.3) is 0 Å². The predicted molar refractivity (Wildman–Crippen MR) is 73.2 cm³/mol. The summed E-state index contributed by atoms with van der Waals surface area (Å²) in [7, 11) is 1.24. The number of benzene rings is 1. The van der Waals surface area contributed by atoms with Crippen LogP contribution in [0.2, 0.25) is 5.15 Å². The minimum absolute atomic E-state index is 0.124. The summed E-state index contributed by atoms with van der Waals surface area (Å²) in [6.45, 7) is 1.90. The van der Waals surface area contributed by atoms with Gasteiger partial charge in [-0.05, 0) is 24.6 Å². The van der Waals surface area contributed by atoms with E-state index < -0.39 is 11.8 Å². The number of methoxy groups -OCH3 is 1. The number of ether oxygens (including phenoxy) is 1.